The van der Waals surface area contributed by atoms with Crippen molar-refractivity contribution in [3.63, 3.8) is 0 Å². The van der Waals surface area contributed by atoms with Gasteiger partial charge >= 0.3 is 0 Å². The minimum Gasteiger partial charge on any atom is -0.493 e. The van der Waals surface area contributed by atoms with Crippen molar-refractivity contribution in [3.8, 4) is 5.75 Å². The van der Waals surface area contributed by atoms with Crippen molar-refractivity contribution in [1.82, 2.24) is 14.7 Å². The Morgan fingerprint density at radius 1 is 1.29 bits per heavy atom. The molecule has 0 radical (unpaired) electrons. The number of amides is 2. The van der Waals surface area contributed by atoms with E-state index in [0.717, 1.165) is 0 Å². The van der Waals surface area contributed by atoms with Gasteiger partial charge in [0.15, 0.2) is 5.69 Å². The maximum absolute atomic E-state index is 12.7. The first-order valence-electron chi connectivity index (χ1n) is 7.65. The third kappa shape index (κ3) is 3.40. The second kappa shape index (κ2) is 7.16. The van der Waals surface area contributed by atoms with Crippen molar-refractivity contribution in [2.45, 2.75) is 13.8 Å². The zero-order valence-corrected chi connectivity index (χ0v) is 14.6. The molecule has 2 rings (SSSR count). The van der Waals surface area contributed by atoms with E-state index >= 15 is 0 Å². The van der Waals surface area contributed by atoms with E-state index in [-0.39, 0.29) is 17.5 Å². The first-order valence-corrected chi connectivity index (χ1v) is 7.65. The summed E-state index contributed by atoms with van der Waals surface area (Å²) in [5.41, 5.74) is 1.73. The summed E-state index contributed by atoms with van der Waals surface area (Å²) in [5, 5.41) is 7.02. The third-order valence-corrected chi connectivity index (χ3v) is 3.61. The standard InChI is InChI=1S/C17H22N4O3/c1-6-24-13-10-8-7-9-12(13)16(22)18-14-11(2)21(5)19-15(14)17(23)20(3)4/h7-10H,6H2,1-5H3,(H,18,22). The molecule has 0 unspecified atom stereocenters. The van der Waals surface area contributed by atoms with Gasteiger partial charge in [-0.15, -0.1) is 0 Å². The van der Waals surface area contributed by atoms with Crippen LogP contribution in [0.3, 0.4) is 0 Å². The summed E-state index contributed by atoms with van der Waals surface area (Å²) in [4.78, 5) is 26.4. The van der Waals surface area contributed by atoms with Crippen LogP contribution >= 0.6 is 0 Å². The molecule has 2 aromatic rings. The molecule has 2 amide bonds. The first kappa shape index (κ1) is 17.5. The molecule has 0 saturated carbocycles. The fourth-order valence-electron chi connectivity index (χ4n) is 2.24. The molecule has 24 heavy (non-hydrogen) atoms. The van der Waals surface area contributed by atoms with Gasteiger partial charge in [-0.1, -0.05) is 12.1 Å². The molecular formula is C17H22N4O3. The zero-order chi connectivity index (χ0) is 17.9. The monoisotopic (exact) mass is 330 g/mol. The molecule has 1 aromatic carbocycles. The number of para-hydroxylation sites is 1. The third-order valence-electron chi connectivity index (χ3n) is 3.61. The summed E-state index contributed by atoms with van der Waals surface area (Å²) in [6.07, 6.45) is 0. The van der Waals surface area contributed by atoms with E-state index in [4.69, 9.17) is 4.74 Å². The minimum absolute atomic E-state index is 0.210. The Morgan fingerprint density at radius 3 is 2.58 bits per heavy atom. The van der Waals surface area contributed by atoms with E-state index in [1.807, 2.05) is 6.92 Å². The van der Waals surface area contributed by atoms with Crippen LogP contribution in [0.2, 0.25) is 0 Å². The zero-order valence-electron chi connectivity index (χ0n) is 14.6. The van der Waals surface area contributed by atoms with Crippen molar-refractivity contribution >= 4 is 17.5 Å². The Morgan fingerprint density at radius 2 is 1.96 bits per heavy atom. The molecule has 7 nitrogen and oxygen atoms in total. The van der Waals surface area contributed by atoms with Crippen LogP contribution < -0.4 is 10.1 Å². The van der Waals surface area contributed by atoms with Crippen LogP contribution in [0.25, 0.3) is 0 Å². The lowest BCUT2D eigenvalue weighted by atomic mass is 10.1. The Kier molecular flexibility index (Phi) is 5.23. The number of anilines is 1. The highest BCUT2D eigenvalue weighted by molar-refractivity contribution is 6.10. The van der Waals surface area contributed by atoms with Crippen molar-refractivity contribution in [1.29, 1.82) is 0 Å². The molecule has 0 aliphatic heterocycles. The topological polar surface area (TPSA) is 76.5 Å². The molecule has 0 aliphatic rings. The van der Waals surface area contributed by atoms with Crippen LogP contribution in [0.4, 0.5) is 5.69 Å². The largest absolute Gasteiger partial charge is 0.493 e. The second-order valence-electron chi connectivity index (χ2n) is 5.52. The van der Waals surface area contributed by atoms with Crippen LogP contribution in [0.5, 0.6) is 5.75 Å². The van der Waals surface area contributed by atoms with E-state index in [9.17, 15) is 9.59 Å². The van der Waals surface area contributed by atoms with E-state index in [1.54, 1.807) is 57.0 Å². The lowest BCUT2D eigenvalue weighted by Gasteiger charge is -2.12. The highest BCUT2D eigenvalue weighted by Gasteiger charge is 2.23. The van der Waals surface area contributed by atoms with Gasteiger partial charge in [-0.25, -0.2) is 0 Å². The predicted molar refractivity (Wildman–Crippen MR) is 91.5 cm³/mol. The summed E-state index contributed by atoms with van der Waals surface area (Å²) in [6, 6.07) is 6.98. The Labute approximate surface area is 141 Å². The molecular weight excluding hydrogens is 308 g/mol. The normalized spacial score (nSPS) is 10.4. The molecule has 0 bridgehead atoms. The first-order chi connectivity index (χ1) is 11.4. The minimum atomic E-state index is -0.344. The number of aromatic nitrogens is 2. The molecule has 0 spiro atoms. The van der Waals surface area contributed by atoms with Gasteiger partial charge in [-0.2, -0.15) is 5.10 Å². The number of carbonyl (C=O) groups is 2. The van der Waals surface area contributed by atoms with Crippen LogP contribution in [0, 0.1) is 6.92 Å². The molecule has 0 atom stereocenters. The summed E-state index contributed by atoms with van der Waals surface area (Å²) in [7, 11) is 5.01. The van der Waals surface area contributed by atoms with E-state index in [1.165, 1.54) is 4.90 Å². The average molecular weight is 330 g/mol. The molecule has 0 aliphatic carbocycles. The number of nitrogens with one attached hydrogen (secondary N) is 1. The number of benzene rings is 1. The van der Waals surface area contributed by atoms with Crippen molar-refractivity contribution < 1.29 is 14.3 Å². The lowest BCUT2D eigenvalue weighted by Crippen LogP contribution is -2.24. The highest BCUT2D eigenvalue weighted by Crippen LogP contribution is 2.24. The number of aryl methyl sites for hydroxylation is 1. The number of carbonyl (C=O) groups excluding carboxylic acids is 2. The van der Waals surface area contributed by atoms with Gasteiger partial charge in [-0.3, -0.25) is 14.3 Å². The molecule has 7 heteroatoms. The fraction of sp³-hybridized carbons (Fsp3) is 0.353. The summed E-state index contributed by atoms with van der Waals surface area (Å²) in [5.74, 6) is -0.116. The maximum Gasteiger partial charge on any atom is 0.276 e. The number of hydrogen-bond acceptors (Lipinski definition) is 4. The number of rotatable bonds is 5. The fourth-order valence-corrected chi connectivity index (χ4v) is 2.24. The molecule has 1 N–H and O–H groups in total. The second-order valence-corrected chi connectivity index (χ2v) is 5.52. The van der Waals surface area contributed by atoms with Gasteiger partial charge in [0.1, 0.15) is 5.75 Å². The Hall–Kier alpha value is -2.83. The number of hydrogen-bond donors (Lipinski definition) is 1. The Balaban J connectivity index is 2.38. The molecule has 128 valence electrons. The van der Waals surface area contributed by atoms with Crippen LogP contribution in [-0.2, 0) is 7.05 Å². The van der Waals surface area contributed by atoms with Gasteiger partial charge in [0.05, 0.1) is 23.6 Å². The smallest absolute Gasteiger partial charge is 0.276 e. The Bertz CT molecular complexity index is 765. The maximum atomic E-state index is 12.7. The highest BCUT2D eigenvalue weighted by atomic mass is 16.5. The van der Waals surface area contributed by atoms with Crippen molar-refractivity contribution in [2.75, 3.05) is 26.0 Å². The average Bonchev–Trinajstić information content (AvgIpc) is 2.83. The quantitative estimate of drug-likeness (QED) is 0.910. The number of ether oxygens (including phenoxy) is 1. The van der Waals surface area contributed by atoms with E-state index in [0.29, 0.717) is 29.3 Å². The summed E-state index contributed by atoms with van der Waals surface area (Å²) >= 11 is 0. The molecule has 0 fully saturated rings. The predicted octanol–water partition coefficient (Wildman–Crippen LogP) is 2.08. The molecule has 0 saturated heterocycles. The van der Waals surface area contributed by atoms with E-state index < -0.39 is 0 Å². The lowest BCUT2D eigenvalue weighted by molar-refractivity contribution is 0.0822. The molecule has 1 aromatic heterocycles. The van der Waals surface area contributed by atoms with Gasteiger partial charge in [-0.05, 0) is 26.0 Å². The van der Waals surface area contributed by atoms with Crippen LogP contribution in [0.15, 0.2) is 24.3 Å². The van der Waals surface area contributed by atoms with Gasteiger partial charge in [0, 0.05) is 21.1 Å². The summed E-state index contributed by atoms with van der Waals surface area (Å²) < 4.78 is 7.06. The van der Waals surface area contributed by atoms with Gasteiger partial charge in [0.2, 0.25) is 0 Å². The SMILES string of the molecule is CCOc1ccccc1C(=O)Nc1c(C(=O)N(C)C)nn(C)c1C. The van der Waals surface area contributed by atoms with Crippen molar-refractivity contribution in [2.24, 2.45) is 7.05 Å². The van der Waals surface area contributed by atoms with Crippen LogP contribution in [0.1, 0.15) is 33.5 Å². The summed E-state index contributed by atoms with van der Waals surface area (Å²) in [6.45, 7) is 4.11. The van der Waals surface area contributed by atoms with Gasteiger partial charge in [0.25, 0.3) is 11.8 Å². The van der Waals surface area contributed by atoms with Crippen LogP contribution in [-0.4, -0.2) is 47.2 Å². The van der Waals surface area contributed by atoms with E-state index in [2.05, 4.69) is 10.4 Å². The van der Waals surface area contributed by atoms with Crippen molar-refractivity contribution in [3.05, 3.63) is 41.2 Å². The van der Waals surface area contributed by atoms with Gasteiger partial charge < -0.3 is 15.0 Å². The number of nitrogens with zero attached hydrogens (tertiary/aromatic N) is 3. The molecule has 1 heterocycles.